The van der Waals surface area contributed by atoms with Crippen molar-refractivity contribution in [2.24, 2.45) is 5.92 Å². The van der Waals surface area contributed by atoms with Gasteiger partial charge in [-0.2, -0.15) is 0 Å². The Balaban J connectivity index is 2.89. The lowest BCUT2D eigenvalue weighted by Gasteiger charge is -2.04. The molecule has 0 aliphatic rings. The van der Waals surface area contributed by atoms with Crippen molar-refractivity contribution < 1.29 is 0 Å². The predicted octanol–water partition coefficient (Wildman–Crippen LogP) is 5.37. The van der Waals surface area contributed by atoms with Gasteiger partial charge in [0.15, 0.2) is 0 Å². The lowest BCUT2D eigenvalue weighted by Crippen LogP contribution is -1.99. The van der Waals surface area contributed by atoms with Gasteiger partial charge in [0.25, 0.3) is 0 Å². The molecule has 0 aromatic carbocycles. The van der Waals surface area contributed by atoms with Crippen LogP contribution in [0.25, 0.3) is 0 Å². The molecule has 0 amide bonds. The van der Waals surface area contributed by atoms with E-state index in [2.05, 4.69) is 31.4 Å². The van der Waals surface area contributed by atoms with Gasteiger partial charge in [-0.25, -0.2) is 0 Å². The van der Waals surface area contributed by atoms with Crippen LogP contribution in [0.5, 0.6) is 0 Å². The van der Waals surface area contributed by atoms with Crippen molar-refractivity contribution in [3.8, 4) is 0 Å². The second-order valence-electron chi connectivity index (χ2n) is 5.63. The Morgan fingerprint density at radius 2 is 1.12 bits per heavy atom. The number of hydrogen-bond donors (Lipinski definition) is 2. The van der Waals surface area contributed by atoms with Gasteiger partial charge >= 0.3 is 0 Å². The van der Waals surface area contributed by atoms with Crippen molar-refractivity contribution in [3.05, 3.63) is 0 Å². The summed E-state index contributed by atoms with van der Waals surface area (Å²) in [5.74, 6) is 0.891. The third-order valence-corrected chi connectivity index (χ3v) is 3.54. The molecule has 0 aromatic heterocycles. The summed E-state index contributed by atoms with van der Waals surface area (Å²) in [6, 6.07) is 0. The second kappa shape index (κ2) is 14.4. The lowest BCUT2D eigenvalue weighted by molar-refractivity contribution is 0.505. The molecule has 0 aromatic rings. The molecule has 0 fully saturated rings. The maximum atomic E-state index is 3.98. The summed E-state index contributed by atoms with van der Waals surface area (Å²) in [5, 5.41) is 0. The molecule has 0 aliphatic carbocycles. The molecular formula is C15H33NS. The highest BCUT2D eigenvalue weighted by Crippen LogP contribution is 2.13. The molecule has 0 unspecified atom stereocenters. The van der Waals surface area contributed by atoms with Crippen molar-refractivity contribution in [1.82, 2.24) is 4.72 Å². The maximum absolute atomic E-state index is 3.98. The molecule has 0 bridgehead atoms. The first-order valence-electron chi connectivity index (χ1n) is 7.64. The van der Waals surface area contributed by atoms with E-state index >= 15 is 0 Å². The van der Waals surface area contributed by atoms with Gasteiger partial charge in [0.1, 0.15) is 0 Å². The highest BCUT2D eigenvalue weighted by Gasteiger charge is 1.95. The van der Waals surface area contributed by atoms with E-state index in [1.807, 2.05) is 0 Å². The summed E-state index contributed by atoms with van der Waals surface area (Å²) in [4.78, 5) is 0. The number of hydrogen-bond acceptors (Lipinski definition) is 2. The van der Waals surface area contributed by atoms with Crippen molar-refractivity contribution >= 4 is 12.8 Å². The van der Waals surface area contributed by atoms with E-state index in [9.17, 15) is 0 Å². The summed E-state index contributed by atoms with van der Waals surface area (Å²) < 4.78 is 2.90. The summed E-state index contributed by atoms with van der Waals surface area (Å²) in [6.07, 6.45) is 15.6. The zero-order chi connectivity index (χ0) is 12.8. The first-order chi connectivity index (χ1) is 8.27. The number of thiol groups is 1. The van der Waals surface area contributed by atoms with E-state index in [0.717, 1.165) is 12.5 Å². The number of rotatable bonds is 13. The largest absolute Gasteiger partial charge is 0.267 e. The maximum Gasteiger partial charge on any atom is 0.00561 e. The van der Waals surface area contributed by atoms with E-state index in [1.54, 1.807) is 0 Å². The van der Waals surface area contributed by atoms with E-state index in [1.165, 1.54) is 70.6 Å². The zero-order valence-corrected chi connectivity index (χ0v) is 12.9. The lowest BCUT2D eigenvalue weighted by atomic mass is 10.0. The highest BCUT2D eigenvalue weighted by atomic mass is 32.1. The zero-order valence-electron chi connectivity index (χ0n) is 12.0. The van der Waals surface area contributed by atoms with Crippen LogP contribution in [-0.2, 0) is 0 Å². The molecule has 0 aliphatic heterocycles. The summed E-state index contributed by atoms with van der Waals surface area (Å²) in [7, 11) is 0. The molecule has 0 saturated heterocycles. The molecule has 0 atom stereocenters. The van der Waals surface area contributed by atoms with Gasteiger partial charge in [-0.1, -0.05) is 90.9 Å². The molecule has 0 heterocycles. The van der Waals surface area contributed by atoms with E-state index in [0.29, 0.717) is 0 Å². The van der Waals surface area contributed by atoms with E-state index < -0.39 is 0 Å². The predicted molar refractivity (Wildman–Crippen MR) is 82.6 cm³/mol. The smallest absolute Gasteiger partial charge is 0.00561 e. The molecule has 17 heavy (non-hydrogen) atoms. The van der Waals surface area contributed by atoms with Gasteiger partial charge in [0.05, 0.1) is 0 Å². The van der Waals surface area contributed by atoms with Gasteiger partial charge < -0.3 is 0 Å². The van der Waals surface area contributed by atoms with Gasteiger partial charge in [-0.3, -0.25) is 4.72 Å². The fraction of sp³-hybridized carbons (Fsp3) is 1.00. The van der Waals surface area contributed by atoms with Gasteiger partial charge in [-0.15, -0.1) is 0 Å². The molecule has 0 radical (unpaired) electrons. The molecule has 2 heteroatoms. The fourth-order valence-corrected chi connectivity index (χ4v) is 2.33. The molecule has 1 N–H and O–H groups in total. The Labute approximate surface area is 115 Å². The van der Waals surface area contributed by atoms with Crippen LogP contribution in [-0.4, -0.2) is 6.54 Å². The minimum Gasteiger partial charge on any atom is -0.267 e. The van der Waals surface area contributed by atoms with Crippen molar-refractivity contribution in [1.29, 1.82) is 0 Å². The quantitative estimate of drug-likeness (QED) is 0.335. The Kier molecular flexibility index (Phi) is 14.6. The second-order valence-corrected chi connectivity index (χ2v) is 5.94. The summed E-state index contributed by atoms with van der Waals surface area (Å²) in [5.41, 5.74) is 0. The molecule has 104 valence electrons. The standard InChI is InChI=1S/C15H33NS/c1-15(2)13-11-9-7-5-3-4-6-8-10-12-14-16-17/h15-17H,3-14H2,1-2H3. The first-order valence-corrected chi connectivity index (χ1v) is 8.09. The van der Waals surface area contributed by atoms with Crippen LogP contribution >= 0.6 is 12.8 Å². The molecule has 1 nitrogen and oxygen atoms in total. The minimum atomic E-state index is 0.891. The highest BCUT2D eigenvalue weighted by molar-refractivity contribution is 7.78. The summed E-state index contributed by atoms with van der Waals surface area (Å²) in [6.45, 7) is 5.70. The van der Waals surface area contributed by atoms with E-state index in [-0.39, 0.29) is 0 Å². The molecule has 0 rings (SSSR count). The van der Waals surface area contributed by atoms with Crippen molar-refractivity contribution in [2.45, 2.75) is 84.5 Å². The van der Waals surface area contributed by atoms with Crippen LogP contribution in [0.4, 0.5) is 0 Å². The molecular weight excluding hydrogens is 226 g/mol. The Bertz CT molecular complexity index is 137. The Morgan fingerprint density at radius 3 is 1.53 bits per heavy atom. The van der Waals surface area contributed by atoms with Crippen LogP contribution in [0.2, 0.25) is 0 Å². The fourth-order valence-electron chi connectivity index (χ4n) is 2.17. The van der Waals surface area contributed by atoms with Crippen molar-refractivity contribution in [2.75, 3.05) is 6.54 Å². The Hall–Kier alpha value is 0.310. The summed E-state index contributed by atoms with van der Waals surface area (Å²) >= 11 is 3.98. The minimum absolute atomic E-state index is 0.891. The number of unbranched alkanes of at least 4 members (excludes halogenated alkanes) is 9. The topological polar surface area (TPSA) is 12.0 Å². The van der Waals surface area contributed by atoms with Crippen LogP contribution in [0.15, 0.2) is 0 Å². The van der Waals surface area contributed by atoms with Crippen LogP contribution in [0, 0.1) is 5.92 Å². The normalized spacial score (nSPS) is 11.3. The van der Waals surface area contributed by atoms with Gasteiger partial charge in [-0.05, 0) is 12.3 Å². The average molecular weight is 260 g/mol. The van der Waals surface area contributed by atoms with Crippen LogP contribution < -0.4 is 4.72 Å². The average Bonchev–Trinajstić information content (AvgIpc) is 2.30. The third-order valence-electron chi connectivity index (χ3n) is 3.32. The molecule has 0 spiro atoms. The van der Waals surface area contributed by atoms with Crippen LogP contribution in [0.1, 0.15) is 84.5 Å². The van der Waals surface area contributed by atoms with Crippen LogP contribution in [0.3, 0.4) is 0 Å². The Morgan fingerprint density at radius 1 is 0.706 bits per heavy atom. The van der Waals surface area contributed by atoms with Gasteiger partial charge in [0.2, 0.25) is 0 Å². The number of nitrogens with one attached hydrogen (secondary N) is 1. The first kappa shape index (κ1) is 17.3. The van der Waals surface area contributed by atoms with Crippen molar-refractivity contribution in [3.63, 3.8) is 0 Å². The van der Waals surface area contributed by atoms with E-state index in [4.69, 9.17) is 0 Å². The van der Waals surface area contributed by atoms with Gasteiger partial charge in [0, 0.05) is 6.54 Å². The monoisotopic (exact) mass is 259 g/mol. The molecule has 0 saturated carbocycles. The SMILES string of the molecule is CC(C)CCCCCCCCCCCCNS. The third kappa shape index (κ3) is 16.3.